The summed E-state index contributed by atoms with van der Waals surface area (Å²) >= 11 is 1.76. The molecular formula is C16H14N2OS. The molecule has 4 heteroatoms. The Morgan fingerprint density at radius 1 is 1.30 bits per heavy atom. The molecule has 1 atom stereocenters. The summed E-state index contributed by atoms with van der Waals surface area (Å²) in [4.78, 5) is 15.7. The van der Waals surface area contributed by atoms with Gasteiger partial charge in [-0.15, -0.1) is 11.3 Å². The van der Waals surface area contributed by atoms with E-state index in [0.29, 0.717) is 17.0 Å². The average Bonchev–Trinajstić information content (AvgIpc) is 3.17. The molecule has 1 amide bonds. The topological polar surface area (TPSA) is 44.1 Å². The number of nitrogens with zero attached hydrogens (tertiary/aromatic N) is 2. The Bertz CT molecular complexity index is 640. The van der Waals surface area contributed by atoms with Crippen LogP contribution in [0.25, 0.3) is 0 Å². The third-order valence-corrected chi connectivity index (χ3v) is 4.72. The second kappa shape index (κ2) is 5.48. The number of amides is 1. The molecule has 1 saturated heterocycles. The van der Waals surface area contributed by atoms with Gasteiger partial charge >= 0.3 is 0 Å². The Hall–Kier alpha value is -2.12. The molecule has 0 N–H and O–H groups in total. The van der Waals surface area contributed by atoms with Gasteiger partial charge in [-0.1, -0.05) is 6.07 Å². The molecule has 0 spiro atoms. The van der Waals surface area contributed by atoms with Gasteiger partial charge in [0.2, 0.25) is 0 Å². The Kier molecular flexibility index (Phi) is 3.53. The van der Waals surface area contributed by atoms with Crippen molar-refractivity contribution >= 4 is 17.2 Å². The van der Waals surface area contributed by atoms with Crippen LogP contribution in [0.5, 0.6) is 0 Å². The smallest absolute Gasteiger partial charge is 0.253 e. The fraction of sp³-hybridized carbons (Fsp3) is 0.250. The first-order valence-electron chi connectivity index (χ1n) is 6.61. The minimum Gasteiger partial charge on any atom is -0.338 e. The lowest BCUT2D eigenvalue weighted by molar-refractivity contribution is 0.0791. The summed E-state index contributed by atoms with van der Waals surface area (Å²) in [6.07, 6.45) is 1.03. The Morgan fingerprint density at radius 3 is 2.75 bits per heavy atom. The van der Waals surface area contributed by atoms with Crippen molar-refractivity contribution in [3.63, 3.8) is 0 Å². The van der Waals surface area contributed by atoms with Gasteiger partial charge in [-0.3, -0.25) is 4.79 Å². The second-order valence-electron chi connectivity index (χ2n) is 4.94. The summed E-state index contributed by atoms with van der Waals surface area (Å²) in [5.74, 6) is 0.533. The fourth-order valence-corrected chi connectivity index (χ4v) is 3.43. The van der Waals surface area contributed by atoms with Crippen LogP contribution in [0.15, 0.2) is 41.8 Å². The largest absolute Gasteiger partial charge is 0.338 e. The van der Waals surface area contributed by atoms with Gasteiger partial charge in [0.05, 0.1) is 11.6 Å². The number of likely N-dealkylation sites (tertiary alicyclic amines) is 1. The average molecular weight is 282 g/mol. The molecule has 1 aliphatic heterocycles. The molecule has 1 aromatic heterocycles. The van der Waals surface area contributed by atoms with Crippen molar-refractivity contribution in [2.75, 3.05) is 13.1 Å². The standard InChI is InChI=1S/C16H14N2OS/c17-10-12-3-5-13(6-4-12)16(19)18-8-7-14(11-18)15-2-1-9-20-15/h1-6,9,14H,7-8,11H2. The Labute approximate surface area is 122 Å². The summed E-state index contributed by atoms with van der Waals surface area (Å²) < 4.78 is 0. The van der Waals surface area contributed by atoms with E-state index in [2.05, 4.69) is 23.6 Å². The van der Waals surface area contributed by atoms with Crippen LogP contribution in [0.4, 0.5) is 0 Å². The predicted octanol–water partition coefficient (Wildman–Crippen LogP) is 3.25. The van der Waals surface area contributed by atoms with Crippen LogP contribution < -0.4 is 0 Å². The number of nitriles is 1. The van der Waals surface area contributed by atoms with Gasteiger partial charge in [-0.25, -0.2) is 0 Å². The van der Waals surface area contributed by atoms with Gasteiger partial charge in [0, 0.05) is 29.4 Å². The van der Waals surface area contributed by atoms with Gasteiger partial charge in [0.25, 0.3) is 5.91 Å². The van der Waals surface area contributed by atoms with Crippen LogP contribution >= 0.6 is 11.3 Å². The zero-order valence-corrected chi connectivity index (χ0v) is 11.8. The molecule has 3 rings (SSSR count). The highest BCUT2D eigenvalue weighted by Crippen LogP contribution is 2.30. The molecular weight excluding hydrogens is 268 g/mol. The molecule has 1 fully saturated rings. The third kappa shape index (κ3) is 2.45. The molecule has 2 aromatic rings. The third-order valence-electron chi connectivity index (χ3n) is 3.68. The maximum absolute atomic E-state index is 12.4. The van der Waals surface area contributed by atoms with Crippen molar-refractivity contribution in [1.29, 1.82) is 5.26 Å². The van der Waals surface area contributed by atoms with E-state index < -0.39 is 0 Å². The highest BCUT2D eigenvalue weighted by Gasteiger charge is 2.28. The molecule has 0 aliphatic carbocycles. The predicted molar refractivity (Wildman–Crippen MR) is 78.7 cm³/mol. The summed E-state index contributed by atoms with van der Waals surface area (Å²) in [5.41, 5.74) is 1.25. The number of hydrogen-bond donors (Lipinski definition) is 0. The van der Waals surface area contributed by atoms with Crippen LogP contribution in [0.1, 0.15) is 33.1 Å². The fourth-order valence-electron chi connectivity index (χ4n) is 2.57. The van der Waals surface area contributed by atoms with Crippen LogP contribution in [-0.2, 0) is 0 Å². The van der Waals surface area contributed by atoms with E-state index in [9.17, 15) is 4.79 Å². The normalized spacial score (nSPS) is 17.9. The van der Waals surface area contributed by atoms with Crippen molar-refractivity contribution < 1.29 is 4.79 Å². The Morgan fingerprint density at radius 2 is 2.10 bits per heavy atom. The van der Waals surface area contributed by atoms with E-state index in [1.165, 1.54) is 4.88 Å². The van der Waals surface area contributed by atoms with Crippen molar-refractivity contribution in [3.05, 3.63) is 57.8 Å². The van der Waals surface area contributed by atoms with Crippen molar-refractivity contribution in [2.45, 2.75) is 12.3 Å². The quantitative estimate of drug-likeness (QED) is 0.848. The van der Waals surface area contributed by atoms with Gasteiger partial charge < -0.3 is 4.90 Å². The first-order chi connectivity index (χ1) is 9.78. The van der Waals surface area contributed by atoms with E-state index >= 15 is 0 Å². The summed E-state index contributed by atoms with van der Waals surface area (Å²) in [6, 6.07) is 13.1. The zero-order chi connectivity index (χ0) is 13.9. The summed E-state index contributed by atoms with van der Waals surface area (Å²) in [5, 5.41) is 10.9. The van der Waals surface area contributed by atoms with Gasteiger partial charge in [-0.05, 0) is 42.1 Å². The number of carbonyl (C=O) groups excluding carboxylic acids is 1. The van der Waals surface area contributed by atoms with Gasteiger partial charge in [0.1, 0.15) is 0 Å². The molecule has 1 unspecified atom stereocenters. The van der Waals surface area contributed by atoms with E-state index in [0.717, 1.165) is 19.5 Å². The van der Waals surface area contributed by atoms with E-state index in [1.54, 1.807) is 35.6 Å². The molecule has 3 nitrogen and oxygen atoms in total. The zero-order valence-electron chi connectivity index (χ0n) is 11.0. The minimum atomic E-state index is 0.0635. The number of carbonyl (C=O) groups is 1. The van der Waals surface area contributed by atoms with Crippen molar-refractivity contribution in [2.24, 2.45) is 0 Å². The van der Waals surface area contributed by atoms with E-state index in [1.807, 2.05) is 4.90 Å². The van der Waals surface area contributed by atoms with Crippen molar-refractivity contribution in [3.8, 4) is 6.07 Å². The first kappa shape index (κ1) is 12.9. The molecule has 100 valence electrons. The van der Waals surface area contributed by atoms with Crippen LogP contribution in [0, 0.1) is 11.3 Å². The summed E-state index contributed by atoms with van der Waals surface area (Å²) in [7, 11) is 0. The number of benzene rings is 1. The molecule has 1 aromatic carbocycles. The molecule has 0 saturated carbocycles. The van der Waals surface area contributed by atoms with E-state index in [-0.39, 0.29) is 5.91 Å². The number of rotatable bonds is 2. The maximum Gasteiger partial charge on any atom is 0.253 e. The van der Waals surface area contributed by atoms with Crippen LogP contribution in [0.2, 0.25) is 0 Å². The molecule has 0 bridgehead atoms. The lowest BCUT2D eigenvalue weighted by Crippen LogP contribution is -2.28. The van der Waals surface area contributed by atoms with Crippen molar-refractivity contribution in [1.82, 2.24) is 4.90 Å². The first-order valence-corrected chi connectivity index (χ1v) is 7.49. The molecule has 0 radical (unpaired) electrons. The monoisotopic (exact) mass is 282 g/mol. The van der Waals surface area contributed by atoms with Gasteiger partial charge in [0.15, 0.2) is 0 Å². The molecule has 2 heterocycles. The highest BCUT2D eigenvalue weighted by atomic mass is 32.1. The highest BCUT2D eigenvalue weighted by molar-refractivity contribution is 7.10. The SMILES string of the molecule is N#Cc1ccc(C(=O)N2CCC(c3cccs3)C2)cc1. The lowest BCUT2D eigenvalue weighted by Gasteiger charge is -2.16. The molecule has 20 heavy (non-hydrogen) atoms. The maximum atomic E-state index is 12.4. The van der Waals surface area contributed by atoms with Crippen LogP contribution in [-0.4, -0.2) is 23.9 Å². The van der Waals surface area contributed by atoms with Crippen LogP contribution in [0.3, 0.4) is 0 Å². The van der Waals surface area contributed by atoms with E-state index in [4.69, 9.17) is 5.26 Å². The number of hydrogen-bond acceptors (Lipinski definition) is 3. The number of thiophene rings is 1. The molecule has 1 aliphatic rings. The minimum absolute atomic E-state index is 0.0635. The second-order valence-corrected chi connectivity index (χ2v) is 5.92. The Balaban J connectivity index is 1.71. The van der Waals surface area contributed by atoms with Gasteiger partial charge in [-0.2, -0.15) is 5.26 Å². The summed E-state index contributed by atoms with van der Waals surface area (Å²) in [6.45, 7) is 1.60. The lowest BCUT2D eigenvalue weighted by atomic mass is 10.1.